The minimum Gasteiger partial charge on any atom is -0.463 e. The monoisotopic (exact) mass is 234 g/mol. The van der Waals surface area contributed by atoms with Crippen LogP contribution in [0.4, 0.5) is 0 Å². The highest BCUT2D eigenvalue weighted by molar-refractivity contribution is 6.60. The van der Waals surface area contributed by atoms with Crippen LogP contribution in [0, 0.1) is 0 Å². The van der Waals surface area contributed by atoms with Gasteiger partial charge in [0.2, 0.25) is 0 Å². The van der Waals surface area contributed by atoms with E-state index in [-0.39, 0.29) is 6.61 Å². The molecule has 0 aliphatic rings. The second kappa shape index (κ2) is 7.58. The molecular weight excluding hydrogens is 216 g/mol. The van der Waals surface area contributed by atoms with Crippen LogP contribution in [-0.4, -0.2) is 42.2 Å². The summed E-state index contributed by atoms with van der Waals surface area (Å²) in [5, 5.41) is 0. The zero-order chi connectivity index (χ0) is 11.7. The van der Waals surface area contributed by atoms with Crippen molar-refractivity contribution in [3.63, 3.8) is 0 Å². The topological polar surface area (TPSA) is 54.0 Å². The zero-order valence-electron chi connectivity index (χ0n) is 9.45. The van der Waals surface area contributed by atoms with Crippen molar-refractivity contribution in [2.75, 3.05) is 27.4 Å². The predicted octanol–water partition coefficient (Wildman–Crippen LogP) is 0.984. The Hall–Kier alpha value is -0.693. The first-order chi connectivity index (χ1) is 7.14. The van der Waals surface area contributed by atoms with E-state index in [1.54, 1.807) is 0 Å². The van der Waals surface area contributed by atoms with E-state index in [0.29, 0.717) is 12.7 Å². The highest BCUT2D eigenvalue weighted by Gasteiger charge is 2.38. The molecule has 0 heterocycles. The molecule has 0 unspecified atom stereocenters. The second-order valence-electron chi connectivity index (χ2n) is 2.65. The Morgan fingerprint density at radius 3 is 2.40 bits per heavy atom. The number of rotatable bonds is 8. The number of esters is 1. The zero-order valence-corrected chi connectivity index (χ0v) is 10.4. The summed E-state index contributed by atoms with van der Waals surface area (Å²) < 4.78 is 20.7. The average Bonchev–Trinajstić information content (AvgIpc) is 2.27. The molecule has 0 atom stereocenters. The lowest BCUT2D eigenvalue weighted by Gasteiger charge is -2.25. The molecule has 15 heavy (non-hydrogen) atoms. The molecule has 0 spiro atoms. The molecular formula is C9H18O5Si. The van der Waals surface area contributed by atoms with Gasteiger partial charge in [-0.2, -0.15) is 0 Å². The van der Waals surface area contributed by atoms with Crippen LogP contribution < -0.4 is 0 Å². The molecule has 0 fully saturated rings. The fraction of sp³-hybridized carbons (Fsp3) is 0.667. The van der Waals surface area contributed by atoms with Crippen molar-refractivity contribution in [1.82, 2.24) is 0 Å². The summed E-state index contributed by atoms with van der Waals surface area (Å²) in [6.45, 7) is 5.86. The van der Waals surface area contributed by atoms with Gasteiger partial charge in [-0.3, -0.25) is 0 Å². The summed E-state index contributed by atoms with van der Waals surface area (Å²) >= 11 is 0. The van der Waals surface area contributed by atoms with Gasteiger partial charge >= 0.3 is 14.8 Å². The number of hydrogen-bond donors (Lipinski definition) is 0. The molecule has 0 radical (unpaired) electrons. The molecule has 6 heteroatoms. The van der Waals surface area contributed by atoms with Gasteiger partial charge in [-0.1, -0.05) is 6.58 Å². The van der Waals surface area contributed by atoms with Crippen LogP contribution in [0.5, 0.6) is 0 Å². The van der Waals surface area contributed by atoms with Crippen molar-refractivity contribution in [1.29, 1.82) is 0 Å². The Morgan fingerprint density at radius 2 is 2.00 bits per heavy atom. The van der Waals surface area contributed by atoms with E-state index in [2.05, 4.69) is 6.58 Å². The van der Waals surface area contributed by atoms with Crippen LogP contribution in [0.1, 0.15) is 6.92 Å². The average molecular weight is 234 g/mol. The second-order valence-corrected chi connectivity index (χ2v) is 5.62. The fourth-order valence-corrected chi connectivity index (χ4v) is 2.78. The minimum atomic E-state index is -2.63. The van der Waals surface area contributed by atoms with Gasteiger partial charge in [-0.25, -0.2) is 4.79 Å². The largest absolute Gasteiger partial charge is 0.503 e. The molecule has 0 aromatic heterocycles. The Morgan fingerprint density at radius 1 is 1.40 bits per heavy atom. The van der Waals surface area contributed by atoms with Crippen LogP contribution in [0.3, 0.4) is 0 Å². The fourth-order valence-electron chi connectivity index (χ4n) is 1.03. The molecule has 88 valence electrons. The van der Waals surface area contributed by atoms with Gasteiger partial charge in [0.1, 0.15) is 0 Å². The first-order valence-corrected chi connectivity index (χ1v) is 6.60. The van der Waals surface area contributed by atoms with E-state index in [4.69, 9.17) is 18.0 Å². The van der Waals surface area contributed by atoms with Gasteiger partial charge in [-0.15, -0.1) is 0 Å². The SMILES string of the molecule is C=CC(=O)OCC[Si](OC)(OC)OCC. The highest BCUT2D eigenvalue weighted by Crippen LogP contribution is 2.13. The van der Waals surface area contributed by atoms with Gasteiger partial charge in [0.25, 0.3) is 0 Å². The van der Waals surface area contributed by atoms with E-state index in [0.717, 1.165) is 6.08 Å². The predicted molar refractivity (Wildman–Crippen MR) is 57.4 cm³/mol. The van der Waals surface area contributed by atoms with Crippen LogP contribution >= 0.6 is 0 Å². The van der Waals surface area contributed by atoms with Gasteiger partial charge in [0, 0.05) is 26.9 Å². The van der Waals surface area contributed by atoms with Gasteiger partial charge in [-0.05, 0) is 6.92 Å². The number of carbonyl (C=O) groups excluding carboxylic acids is 1. The normalized spacial score (nSPS) is 11.1. The lowest BCUT2D eigenvalue weighted by molar-refractivity contribution is -0.137. The van der Waals surface area contributed by atoms with Crippen molar-refractivity contribution in [2.24, 2.45) is 0 Å². The summed E-state index contributed by atoms with van der Waals surface area (Å²) in [6.07, 6.45) is 1.11. The summed E-state index contributed by atoms with van der Waals surface area (Å²) in [5.41, 5.74) is 0. The number of carbonyl (C=O) groups is 1. The van der Waals surface area contributed by atoms with Crippen LogP contribution in [0.2, 0.25) is 6.04 Å². The Balaban J connectivity index is 4.05. The molecule has 0 aromatic carbocycles. The van der Waals surface area contributed by atoms with Crippen molar-refractivity contribution in [3.8, 4) is 0 Å². The number of hydrogen-bond acceptors (Lipinski definition) is 5. The summed E-state index contributed by atoms with van der Waals surface area (Å²) in [4.78, 5) is 10.8. The lowest BCUT2D eigenvalue weighted by Crippen LogP contribution is -2.44. The van der Waals surface area contributed by atoms with Gasteiger partial charge in [0.05, 0.1) is 12.7 Å². The molecule has 0 rings (SSSR count). The summed E-state index contributed by atoms with van der Waals surface area (Å²) in [5.74, 6) is -0.457. The molecule has 0 aliphatic carbocycles. The smallest absolute Gasteiger partial charge is 0.463 e. The highest BCUT2D eigenvalue weighted by atomic mass is 28.4. The quantitative estimate of drug-likeness (QED) is 0.356. The molecule has 0 saturated carbocycles. The van der Waals surface area contributed by atoms with Crippen molar-refractivity contribution >= 4 is 14.8 Å². The van der Waals surface area contributed by atoms with E-state index >= 15 is 0 Å². The third kappa shape index (κ3) is 5.08. The third-order valence-electron chi connectivity index (χ3n) is 1.81. The standard InChI is InChI=1S/C9H18O5Si/c1-5-9(10)13-7-8-15(11-3,12-4)14-6-2/h5H,1,6-8H2,2-4H3. The first-order valence-electron chi connectivity index (χ1n) is 4.67. The van der Waals surface area contributed by atoms with E-state index in [9.17, 15) is 4.79 Å². The van der Waals surface area contributed by atoms with Crippen LogP contribution in [0.25, 0.3) is 0 Å². The Kier molecular flexibility index (Phi) is 7.23. The van der Waals surface area contributed by atoms with Gasteiger partial charge in [0.15, 0.2) is 0 Å². The molecule has 0 N–H and O–H groups in total. The summed E-state index contributed by atoms with van der Waals surface area (Å²) in [7, 11) is 0.422. The maximum Gasteiger partial charge on any atom is 0.503 e. The number of ether oxygens (including phenoxy) is 1. The maximum absolute atomic E-state index is 10.8. The molecule has 5 nitrogen and oxygen atoms in total. The van der Waals surface area contributed by atoms with E-state index in [1.165, 1.54) is 14.2 Å². The van der Waals surface area contributed by atoms with E-state index in [1.807, 2.05) is 6.92 Å². The molecule has 0 amide bonds. The Bertz CT molecular complexity index is 203. The third-order valence-corrected chi connectivity index (χ3v) is 4.59. The molecule has 0 saturated heterocycles. The minimum absolute atomic E-state index is 0.207. The molecule has 0 aliphatic heterocycles. The van der Waals surface area contributed by atoms with Crippen LogP contribution in [-0.2, 0) is 22.8 Å². The van der Waals surface area contributed by atoms with Crippen molar-refractivity contribution in [2.45, 2.75) is 13.0 Å². The van der Waals surface area contributed by atoms with E-state index < -0.39 is 14.8 Å². The lowest BCUT2D eigenvalue weighted by atomic mass is 10.6. The Labute approximate surface area is 91.3 Å². The first kappa shape index (κ1) is 14.3. The summed E-state index contributed by atoms with van der Waals surface area (Å²) in [6, 6.07) is 0.438. The molecule has 0 bridgehead atoms. The van der Waals surface area contributed by atoms with Gasteiger partial charge < -0.3 is 18.0 Å². The van der Waals surface area contributed by atoms with Crippen molar-refractivity contribution in [3.05, 3.63) is 12.7 Å². The maximum atomic E-state index is 10.8. The van der Waals surface area contributed by atoms with Crippen LogP contribution in [0.15, 0.2) is 12.7 Å². The van der Waals surface area contributed by atoms with Crippen molar-refractivity contribution < 1.29 is 22.8 Å². The molecule has 0 aromatic rings.